The Morgan fingerprint density at radius 2 is 1.94 bits per heavy atom. The molecule has 0 unspecified atom stereocenters. The van der Waals surface area contributed by atoms with E-state index < -0.39 is 0 Å². The van der Waals surface area contributed by atoms with Gasteiger partial charge >= 0.3 is 0 Å². The van der Waals surface area contributed by atoms with Gasteiger partial charge in [-0.2, -0.15) is 0 Å². The predicted octanol–water partition coefficient (Wildman–Crippen LogP) is 4.69. The minimum atomic E-state index is -0.111. The van der Waals surface area contributed by atoms with Crippen molar-refractivity contribution in [1.29, 1.82) is 0 Å². The number of rotatable bonds is 7. The number of aryl methyl sites for hydroxylation is 2. The molecule has 1 aliphatic rings. The van der Waals surface area contributed by atoms with Crippen molar-refractivity contribution in [2.45, 2.75) is 46.0 Å². The van der Waals surface area contributed by atoms with Gasteiger partial charge in [0.1, 0.15) is 11.6 Å². The number of carbonyl (C=O) groups is 1. The van der Waals surface area contributed by atoms with E-state index in [0.717, 1.165) is 53.0 Å². The molecular weight excluding hydrogens is 386 g/mol. The molecule has 0 fully saturated rings. The zero-order valence-corrected chi connectivity index (χ0v) is 18.6. The molecule has 0 spiro atoms. The van der Waals surface area contributed by atoms with Gasteiger partial charge in [0.05, 0.1) is 24.9 Å². The Morgan fingerprint density at radius 1 is 1.19 bits per heavy atom. The highest BCUT2D eigenvalue weighted by molar-refractivity contribution is 6.08. The smallest absolute Gasteiger partial charge is 0.229 e. The van der Waals surface area contributed by atoms with Gasteiger partial charge in [-0.05, 0) is 61.1 Å². The van der Waals surface area contributed by atoms with Gasteiger partial charge in [0, 0.05) is 5.56 Å². The SMILES string of the molecule is C=C(CCC)C(=NC1=C(N)c2ccc(OC)cc2CC1)NC(=O)Cc1ccc(C)cc1. The third-order valence-electron chi connectivity index (χ3n) is 5.42. The highest BCUT2D eigenvalue weighted by Gasteiger charge is 2.19. The van der Waals surface area contributed by atoms with E-state index in [1.165, 1.54) is 5.56 Å². The maximum absolute atomic E-state index is 12.7. The van der Waals surface area contributed by atoms with E-state index in [0.29, 0.717) is 18.0 Å². The van der Waals surface area contributed by atoms with Crippen LogP contribution in [0.25, 0.3) is 5.70 Å². The first kappa shape index (κ1) is 22.3. The van der Waals surface area contributed by atoms with Crippen LogP contribution >= 0.6 is 0 Å². The number of methoxy groups -OCH3 is 1. The van der Waals surface area contributed by atoms with Crippen LogP contribution in [0.3, 0.4) is 0 Å². The fourth-order valence-corrected chi connectivity index (χ4v) is 3.64. The third-order valence-corrected chi connectivity index (χ3v) is 5.42. The van der Waals surface area contributed by atoms with Crippen molar-refractivity contribution in [3.05, 3.63) is 82.6 Å². The Kier molecular flexibility index (Phi) is 7.29. The molecule has 31 heavy (non-hydrogen) atoms. The average Bonchev–Trinajstić information content (AvgIpc) is 2.76. The monoisotopic (exact) mass is 417 g/mol. The van der Waals surface area contributed by atoms with Gasteiger partial charge in [-0.1, -0.05) is 49.8 Å². The van der Waals surface area contributed by atoms with Crippen LogP contribution in [0.1, 0.15) is 48.4 Å². The Hall–Kier alpha value is -3.34. The van der Waals surface area contributed by atoms with E-state index in [9.17, 15) is 4.79 Å². The van der Waals surface area contributed by atoms with E-state index in [1.54, 1.807) is 7.11 Å². The summed E-state index contributed by atoms with van der Waals surface area (Å²) in [6, 6.07) is 13.8. The van der Waals surface area contributed by atoms with Crippen molar-refractivity contribution in [1.82, 2.24) is 5.32 Å². The van der Waals surface area contributed by atoms with Crippen LogP contribution in [0, 0.1) is 6.92 Å². The molecule has 0 aliphatic heterocycles. The summed E-state index contributed by atoms with van der Waals surface area (Å²) in [4.78, 5) is 17.5. The number of nitrogens with zero attached hydrogens (tertiary/aromatic N) is 1. The minimum Gasteiger partial charge on any atom is -0.497 e. The molecule has 5 nitrogen and oxygen atoms in total. The highest BCUT2D eigenvalue weighted by Crippen LogP contribution is 2.31. The maximum atomic E-state index is 12.7. The molecule has 2 aromatic carbocycles. The molecule has 1 amide bonds. The van der Waals surface area contributed by atoms with Crippen LogP contribution in [-0.4, -0.2) is 18.9 Å². The lowest BCUT2D eigenvalue weighted by Gasteiger charge is -2.20. The summed E-state index contributed by atoms with van der Waals surface area (Å²) < 4.78 is 5.32. The van der Waals surface area contributed by atoms with Gasteiger partial charge in [0.15, 0.2) is 0 Å². The number of carbonyl (C=O) groups excluding carboxylic acids is 1. The number of fused-ring (bicyclic) bond motifs is 1. The summed E-state index contributed by atoms with van der Waals surface area (Å²) in [5.41, 5.74) is 12.9. The average molecular weight is 418 g/mol. The van der Waals surface area contributed by atoms with Gasteiger partial charge in [-0.3, -0.25) is 4.79 Å². The number of benzene rings is 2. The lowest BCUT2D eigenvalue weighted by atomic mass is 9.92. The van der Waals surface area contributed by atoms with Gasteiger partial charge in [-0.25, -0.2) is 4.99 Å². The van der Waals surface area contributed by atoms with Crippen molar-refractivity contribution < 1.29 is 9.53 Å². The number of amides is 1. The second-order valence-electron chi connectivity index (χ2n) is 7.91. The molecule has 0 saturated heterocycles. The largest absolute Gasteiger partial charge is 0.497 e. The first-order valence-corrected chi connectivity index (χ1v) is 10.7. The van der Waals surface area contributed by atoms with Gasteiger partial charge in [-0.15, -0.1) is 0 Å². The van der Waals surface area contributed by atoms with E-state index in [4.69, 9.17) is 15.5 Å². The summed E-state index contributed by atoms with van der Waals surface area (Å²) >= 11 is 0. The lowest BCUT2D eigenvalue weighted by Crippen LogP contribution is -2.33. The highest BCUT2D eigenvalue weighted by atomic mass is 16.5. The molecule has 0 heterocycles. The molecule has 0 bridgehead atoms. The summed E-state index contributed by atoms with van der Waals surface area (Å²) in [7, 11) is 1.66. The molecule has 3 rings (SSSR count). The van der Waals surface area contributed by atoms with Crippen LogP contribution in [0.2, 0.25) is 0 Å². The lowest BCUT2D eigenvalue weighted by molar-refractivity contribution is -0.119. The molecule has 0 atom stereocenters. The molecule has 1 aliphatic carbocycles. The molecular formula is C26H31N3O2. The second-order valence-corrected chi connectivity index (χ2v) is 7.91. The topological polar surface area (TPSA) is 76.7 Å². The van der Waals surface area contributed by atoms with Crippen LogP contribution in [0.5, 0.6) is 5.75 Å². The van der Waals surface area contributed by atoms with Crippen molar-refractivity contribution >= 4 is 17.4 Å². The van der Waals surface area contributed by atoms with Gasteiger partial charge < -0.3 is 15.8 Å². The van der Waals surface area contributed by atoms with Crippen molar-refractivity contribution in [3.8, 4) is 5.75 Å². The van der Waals surface area contributed by atoms with E-state index >= 15 is 0 Å². The summed E-state index contributed by atoms with van der Waals surface area (Å²) in [5.74, 6) is 1.22. The predicted molar refractivity (Wildman–Crippen MR) is 127 cm³/mol. The Morgan fingerprint density at radius 3 is 2.61 bits per heavy atom. The van der Waals surface area contributed by atoms with E-state index in [1.807, 2.05) is 49.4 Å². The third kappa shape index (κ3) is 5.63. The zero-order valence-electron chi connectivity index (χ0n) is 18.6. The van der Waals surface area contributed by atoms with Crippen molar-refractivity contribution in [2.75, 3.05) is 7.11 Å². The summed E-state index contributed by atoms with van der Waals surface area (Å²) in [5, 5.41) is 2.98. The second kappa shape index (κ2) is 10.1. The normalized spacial score (nSPS) is 13.6. The van der Waals surface area contributed by atoms with Crippen LogP contribution in [0.15, 0.2) is 65.3 Å². The number of allylic oxidation sites excluding steroid dienone is 1. The fourth-order valence-electron chi connectivity index (χ4n) is 3.64. The molecule has 2 aromatic rings. The molecule has 5 heteroatoms. The van der Waals surface area contributed by atoms with Crippen molar-refractivity contribution in [3.63, 3.8) is 0 Å². The molecule has 0 aromatic heterocycles. The van der Waals surface area contributed by atoms with E-state index in [2.05, 4.69) is 18.8 Å². The number of nitrogens with one attached hydrogen (secondary N) is 1. The first-order chi connectivity index (χ1) is 14.9. The molecule has 0 radical (unpaired) electrons. The number of hydrogen-bond donors (Lipinski definition) is 2. The molecule has 0 saturated carbocycles. The number of ether oxygens (including phenoxy) is 1. The van der Waals surface area contributed by atoms with Crippen LogP contribution in [-0.2, 0) is 17.6 Å². The van der Waals surface area contributed by atoms with E-state index in [-0.39, 0.29) is 12.3 Å². The Balaban J connectivity index is 1.86. The van der Waals surface area contributed by atoms with Gasteiger partial charge in [0.25, 0.3) is 0 Å². The number of amidine groups is 1. The fraction of sp³-hybridized carbons (Fsp3) is 0.308. The Labute approximate surface area is 184 Å². The first-order valence-electron chi connectivity index (χ1n) is 10.7. The molecule has 3 N–H and O–H groups in total. The standard InChI is InChI=1S/C26H31N3O2/c1-5-6-18(3)26(29-24(30)15-19-9-7-17(2)8-10-19)28-23-14-11-20-16-21(31-4)12-13-22(20)25(23)27/h7-10,12-13,16H,3,5-6,11,14-15,27H2,1-2,4H3,(H,28,29,30). The summed E-state index contributed by atoms with van der Waals surface area (Å²) in [6.07, 6.45) is 3.48. The minimum absolute atomic E-state index is 0.111. The Bertz CT molecular complexity index is 1030. The zero-order chi connectivity index (χ0) is 22.4. The number of nitrogens with two attached hydrogens (primary N) is 1. The number of aliphatic imine (C=N–C) groups is 1. The summed E-state index contributed by atoms with van der Waals surface area (Å²) in [6.45, 7) is 8.25. The quantitative estimate of drug-likeness (QED) is 0.507. The molecule has 162 valence electrons. The number of hydrogen-bond acceptors (Lipinski definition) is 4. The van der Waals surface area contributed by atoms with Gasteiger partial charge in [0.2, 0.25) is 5.91 Å². The maximum Gasteiger partial charge on any atom is 0.229 e. The van der Waals surface area contributed by atoms with Crippen LogP contribution in [0.4, 0.5) is 0 Å². The van der Waals surface area contributed by atoms with Crippen LogP contribution < -0.4 is 15.8 Å². The van der Waals surface area contributed by atoms with Crippen molar-refractivity contribution in [2.24, 2.45) is 10.7 Å².